The quantitative estimate of drug-likeness (QED) is 0.847. The van der Waals surface area contributed by atoms with Crippen LogP contribution in [0.15, 0.2) is 0 Å². The van der Waals surface area contributed by atoms with Gasteiger partial charge in [0.1, 0.15) is 5.78 Å². The SMILES string of the molecule is CCC(C)(C)NC(=O)C(C)N1CCCC1C1CCCC1=O. The summed E-state index contributed by atoms with van der Waals surface area (Å²) in [4.78, 5) is 26.8. The average Bonchev–Trinajstić information content (AvgIpc) is 3.05. The highest BCUT2D eigenvalue weighted by Crippen LogP contribution is 2.34. The van der Waals surface area contributed by atoms with Gasteiger partial charge in [0, 0.05) is 23.9 Å². The first-order chi connectivity index (χ1) is 9.85. The third kappa shape index (κ3) is 3.65. The van der Waals surface area contributed by atoms with Gasteiger partial charge in [-0.1, -0.05) is 6.92 Å². The normalized spacial score (nSPS) is 28.9. The molecule has 2 rings (SSSR count). The lowest BCUT2D eigenvalue weighted by molar-refractivity contribution is -0.130. The number of carbonyl (C=O) groups excluding carboxylic acids is 2. The molecule has 1 amide bonds. The predicted molar refractivity (Wildman–Crippen MR) is 84.1 cm³/mol. The minimum Gasteiger partial charge on any atom is -0.350 e. The van der Waals surface area contributed by atoms with E-state index in [4.69, 9.17) is 0 Å². The Morgan fingerprint density at radius 3 is 2.67 bits per heavy atom. The Balaban J connectivity index is 2.02. The second kappa shape index (κ2) is 6.47. The van der Waals surface area contributed by atoms with E-state index in [9.17, 15) is 9.59 Å². The van der Waals surface area contributed by atoms with E-state index in [0.717, 1.165) is 45.1 Å². The molecule has 2 aliphatic rings. The lowest BCUT2D eigenvalue weighted by Gasteiger charge is -2.35. The summed E-state index contributed by atoms with van der Waals surface area (Å²) in [6, 6.07) is 0.141. The molecule has 0 radical (unpaired) electrons. The molecule has 1 saturated heterocycles. The summed E-state index contributed by atoms with van der Waals surface area (Å²) in [6.07, 6.45) is 5.84. The highest BCUT2D eigenvalue weighted by Gasteiger charge is 2.41. The third-order valence-corrected chi connectivity index (χ3v) is 5.38. The molecular weight excluding hydrogens is 264 g/mol. The maximum absolute atomic E-state index is 12.5. The Bertz CT molecular complexity index is 406. The lowest BCUT2D eigenvalue weighted by Crippen LogP contribution is -2.54. The summed E-state index contributed by atoms with van der Waals surface area (Å²) in [6.45, 7) is 9.12. The number of nitrogens with zero attached hydrogens (tertiary/aromatic N) is 1. The van der Waals surface area contributed by atoms with Crippen molar-refractivity contribution in [2.75, 3.05) is 6.54 Å². The van der Waals surface area contributed by atoms with E-state index in [0.29, 0.717) is 5.78 Å². The number of carbonyl (C=O) groups is 2. The number of likely N-dealkylation sites (tertiary alicyclic amines) is 1. The van der Waals surface area contributed by atoms with Crippen LogP contribution in [-0.4, -0.2) is 40.8 Å². The van der Waals surface area contributed by atoms with Gasteiger partial charge >= 0.3 is 0 Å². The van der Waals surface area contributed by atoms with Gasteiger partial charge in [-0.05, 0) is 59.4 Å². The van der Waals surface area contributed by atoms with Crippen LogP contribution in [0.2, 0.25) is 0 Å². The van der Waals surface area contributed by atoms with E-state index in [2.05, 4.69) is 31.0 Å². The second-order valence-electron chi connectivity index (χ2n) is 7.32. The lowest BCUT2D eigenvalue weighted by atomic mass is 9.94. The first-order valence-corrected chi connectivity index (χ1v) is 8.46. The number of Topliss-reactive ketones (excluding diaryl/α,β-unsaturated/α-hetero) is 1. The molecule has 21 heavy (non-hydrogen) atoms. The van der Waals surface area contributed by atoms with E-state index in [1.807, 2.05) is 6.92 Å². The zero-order valence-corrected chi connectivity index (χ0v) is 13.9. The molecule has 1 aliphatic carbocycles. The van der Waals surface area contributed by atoms with Crippen LogP contribution in [0.1, 0.15) is 66.2 Å². The fraction of sp³-hybridized carbons (Fsp3) is 0.882. The zero-order valence-electron chi connectivity index (χ0n) is 13.9. The number of amides is 1. The van der Waals surface area contributed by atoms with Gasteiger partial charge in [-0.25, -0.2) is 0 Å². The molecule has 120 valence electrons. The molecule has 0 spiro atoms. The number of rotatable bonds is 5. The van der Waals surface area contributed by atoms with Crippen LogP contribution >= 0.6 is 0 Å². The zero-order chi connectivity index (χ0) is 15.6. The van der Waals surface area contributed by atoms with Gasteiger partial charge in [-0.3, -0.25) is 14.5 Å². The molecule has 4 heteroatoms. The Morgan fingerprint density at radius 1 is 1.38 bits per heavy atom. The molecule has 0 aromatic heterocycles. The Morgan fingerprint density at radius 2 is 2.10 bits per heavy atom. The van der Waals surface area contributed by atoms with E-state index >= 15 is 0 Å². The van der Waals surface area contributed by atoms with Crippen molar-refractivity contribution in [3.63, 3.8) is 0 Å². The smallest absolute Gasteiger partial charge is 0.237 e. The largest absolute Gasteiger partial charge is 0.350 e. The minimum absolute atomic E-state index is 0.0965. The van der Waals surface area contributed by atoms with Gasteiger partial charge < -0.3 is 5.32 Å². The van der Waals surface area contributed by atoms with Crippen molar-refractivity contribution in [1.29, 1.82) is 0 Å². The topological polar surface area (TPSA) is 49.4 Å². The fourth-order valence-corrected chi connectivity index (χ4v) is 3.65. The standard InChI is InChI=1S/C17H30N2O2/c1-5-17(3,4)18-16(21)12(2)19-11-7-9-14(19)13-8-6-10-15(13)20/h12-14H,5-11H2,1-4H3,(H,18,21). The van der Waals surface area contributed by atoms with Crippen LogP contribution in [0.4, 0.5) is 0 Å². The molecule has 3 atom stereocenters. The van der Waals surface area contributed by atoms with Crippen LogP contribution in [0.25, 0.3) is 0 Å². The third-order valence-electron chi connectivity index (χ3n) is 5.38. The summed E-state index contributed by atoms with van der Waals surface area (Å²) in [7, 11) is 0. The van der Waals surface area contributed by atoms with Crippen molar-refractivity contribution in [2.45, 2.75) is 83.8 Å². The number of nitrogens with one attached hydrogen (secondary N) is 1. The molecule has 3 unspecified atom stereocenters. The summed E-state index contributed by atoms with van der Waals surface area (Å²) in [5.41, 5.74) is -0.163. The first kappa shape index (κ1) is 16.5. The summed E-state index contributed by atoms with van der Waals surface area (Å²) in [5.74, 6) is 0.675. The molecule has 1 heterocycles. The molecule has 1 aliphatic heterocycles. The molecular formula is C17H30N2O2. The van der Waals surface area contributed by atoms with Gasteiger partial charge in [0.05, 0.1) is 6.04 Å². The predicted octanol–water partition coefficient (Wildman–Crippen LogP) is 2.51. The second-order valence-corrected chi connectivity index (χ2v) is 7.32. The highest BCUT2D eigenvalue weighted by molar-refractivity contribution is 5.84. The number of hydrogen-bond acceptors (Lipinski definition) is 3. The van der Waals surface area contributed by atoms with Crippen LogP contribution in [0, 0.1) is 5.92 Å². The molecule has 0 bridgehead atoms. The Hall–Kier alpha value is -0.900. The molecule has 0 aromatic rings. The van der Waals surface area contributed by atoms with Gasteiger partial charge in [-0.15, -0.1) is 0 Å². The van der Waals surface area contributed by atoms with Crippen molar-refractivity contribution in [3.05, 3.63) is 0 Å². The fourth-order valence-electron chi connectivity index (χ4n) is 3.65. The molecule has 4 nitrogen and oxygen atoms in total. The van der Waals surface area contributed by atoms with Gasteiger partial charge in [0.25, 0.3) is 0 Å². The number of ketones is 1. The highest BCUT2D eigenvalue weighted by atomic mass is 16.2. The summed E-state index contributed by atoms with van der Waals surface area (Å²) >= 11 is 0. The van der Waals surface area contributed by atoms with Crippen molar-refractivity contribution < 1.29 is 9.59 Å². The van der Waals surface area contributed by atoms with E-state index in [1.165, 1.54) is 0 Å². The summed E-state index contributed by atoms with van der Waals surface area (Å²) in [5, 5.41) is 3.14. The van der Waals surface area contributed by atoms with Crippen molar-refractivity contribution >= 4 is 11.7 Å². The molecule has 1 N–H and O–H groups in total. The van der Waals surface area contributed by atoms with Crippen LogP contribution in [0.5, 0.6) is 0 Å². The van der Waals surface area contributed by atoms with Gasteiger partial charge in [-0.2, -0.15) is 0 Å². The van der Waals surface area contributed by atoms with E-state index in [-0.39, 0.29) is 29.4 Å². The van der Waals surface area contributed by atoms with Crippen molar-refractivity contribution in [2.24, 2.45) is 5.92 Å². The van der Waals surface area contributed by atoms with E-state index in [1.54, 1.807) is 0 Å². The maximum Gasteiger partial charge on any atom is 0.237 e. The van der Waals surface area contributed by atoms with Gasteiger partial charge in [0.2, 0.25) is 5.91 Å². The van der Waals surface area contributed by atoms with Crippen LogP contribution < -0.4 is 5.32 Å². The summed E-state index contributed by atoms with van der Waals surface area (Å²) < 4.78 is 0. The first-order valence-electron chi connectivity index (χ1n) is 8.46. The average molecular weight is 294 g/mol. The Kier molecular flexibility index (Phi) is 5.07. The monoisotopic (exact) mass is 294 g/mol. The number of hydrogen-bond donors (Lipinski definition) is 1. The molecule has 0 aromatic carbocycles. The van der Waals surface area contributed by atoms with Crippen molar-refractivity contribution in [3.8, 4) is 0 Å². The maximum atomic E-state index is 12.5. The van der Waals surface area contributed by atoms with E-state index < -0.39 is 0 Å². The van der Waals surface area contributed by atoms with Crippen LogP contribution in [0.3, 0.4) is 0 Å². The molecule has 2 fully saturated rings. The Labute approximate surface area is 128 Å². The minimum atomic E-state index is -0.163. The van der Waals surface area contributed by atoms with Crippen LogP contribution in [-0.2, 0) is 9.59 Å². The van der Waals surface area contributed by atoms with Crippen molar-refractivity contribution in [1.82, 2.24) is 10.2 Å². The van der Waals surface area contributed by atoms with Gasteiger partial charge in [0.15, 0.2) is 0 Å². The molecule has 1 saturated carbocycles.